The van der Waals surface area contributed by atoms with E-state index in [1.807, 2.05) is 62.4 Å². The third kappa shape index (κ3) is 3.69. The number of nitrogens with zero attached hydrogens (tertiary/aromatic N) is 1. The molecule has 0 unspecified atom stereocenters. The van der Waals surface area contributed by atoms with E-state index in [-0.39, 0.29) is 18.6 Å². The Morgan fingerprint density at radius 1 is 1.26 bits per heavy atom. The van der Waals surface area contributed by atoms with Crippen LogP contribution in [0.2, 0.25) is 0 Å². The number of aryl methyl sites for hydroxylation is 1. The van der Waals surface area contributed by atoms with Gasteiger partial charge < -0.3 is 15.0 Å². The Bertz CT molecular complexity index is 793. The maximum atomic E-state index is 12.0. The van der Waals surface area contributed by atoms with E-state index in [2.05, 4.69) is 15.3 Å². The first-order valence-electron chi connectivity index (χ1n) is 7.55. The fourth-order valence-electron chi connectivity index (χ4n) is 2.38. The normalized spacial score (nSPS) is 12.1. The molecule has 0 aliphatic heterocycles. The van der Waals surface area contributed by atoms with Gasteiger partial charge in [0.2, 0.25) is 0 Å². The predicted molar refractivity (Wildman–Crippen MR) is 89.3 cm³/mol. The molecule has 1 amide bonds. The Morgan fingerprint density at radius 3 is 2.87 bits per heavy atom. The fourth-order valence-corrected chi connectivity index (χ4v) is 2.38. The lowest BCUT2D eigenvalue weighted by Gasteiger charge is -2.12. The largest absolute Gasteiger partial charge is 0.484 e. The number of benzene rings is 2. The molecule has 1 aromatic heterocycles. The Labute approximate surface area is 134 Å². The van der Waals surface area contributed by atoms with Crippen LogP contribution in [-0.4, -0.2) is 22.5 Å². The van der Waals surface area contributed by atoms with Gasteiger partial charge >= 0.3 is 0 Å². The Balaban J connectivity index is 1.58. The van der Waals surface area contributed by atoms with Crippen molar-refractivity contribution in [1.82, 2.24) is 15.3 Å². The average molecular weight is 309 g/mol. The minimum Gasteiger partial charge on any atom is -0.484 e. The molecule has 118 valence electrons. The number of H-pyrrole nitrogens is 1. The van der Waals surface area contributed by atoms with Crippen LogP contribution in [-0.2, 0) is 4.79 Å². The van der Waals surface area contributed by atoms with Crippen molar-refractivity contribution >= 4 is 16.9 Å². The first-order valence-corrected chi connectivity index (χ1v) is 7.55. The summed E-state index contributed by atoms with van der Waals surface area (Å²) in [5, 5.41) is 2.88. The molecule has 2 N–H and O–H groups in total. The molecule has 0 spiro atoms. The summed E-state index contributed by atoms with van der Waals surface area (Å²) in [7, 11) is 0. The zero-order chi connectivity index (χ0) is 16.2. The van der Waals surface area contributed by atoms with Gasteiger partial charge in [-0.2, -0.15) is 0 Å². The van der Waals surface area contributed by atoms with Gasteiger partial charge in [0.25, 0.3) is 5.91 Å². The number of ether oxygens (including phenoxy) is 1. The van der Waals surface area contributed by atoms with Crippen LogP contribution in [0.5, 0.6) is 5.75 Å². The van der Waals surface area contributed by atoms with Gasteiger partial charge in [-0.15, -0.1) is 0 Å². The first kappa shape index (κ1) is 15.1. The number of hydrogen-bond donors (Lipinski definition) is 2. The van der Waals surface area contributed by atoms with E-state index in [0.717, 1.165) is 22.4 Å². The highest BCUT2D eigenvalue weighted by Gasteiger charge is 2.13. The summed E-state index contributed by atoms with van der Waals surface area (Å²) in [6.07, 6.45) is 0. The van der Waals surface area contributed by atoms with E-state index in [1.165, 1.54) is 0 Å². The highest BCUT2D eigenvalue weighted by atomic mass is 16.5. The fraction of sp³-hybridized carbons (Fsp3) is 0.222. The molecule has 2 aromatic carbocycles. The van der Waals surface area contributed by atoms with Gasteiger partial charge in [0.1, 0.15) is 11.6 Å². The van der Waals surface area contributed by atoms with Crippen molar-refractivity contribution in [2.24, 2.45) is 0 Å². The molecule has 0 fully saturated rings. The second kappa shape index (κ2) is 6.52. The molecule has 5 heteroatoms. The lowest BCUT2D eigenvalue weighted by Crippen LogP contribution is -2.31. The molecule has 0 aliphatic carbocycles. The Hall–Kier alpha value is -2.82. The van der Waals surface area contributed by atoms with Crippen molar-refractivity contribution in [3.63, 3.8) is 0 Å². The SMILES string of the molecule is Cc1cccc(OCC(=O)N[C@@H](C)c2nc3ccccc3[nH]2)c1. The van der Waals surface area contributed by atoms with Crippen molar-refractivity contribution in [2.45, 2.75) is 19.9 Å². The van der Waals surface area contributed by atoms with Crippen molar-refractivity contribution in [3.05, 3.63) is 59.9 Å². The van der Waals surface area contributed by atoms with E-state index < -0.39 is 0 Å². The summed E-state index contributed by atoms with van der Waals surface area (Å²) in [6.45, 7) is 3.85. The molecule has 0 radical (unpaired) electrons. The number of hydrogen-bond acceptors (Lipinski definition) is 3. The van der Waals surface area contributed by atoms with Gasteiger partial charge in [-0.05, 0) is 43.7 Å². The van der Waals surface area contributed by atoms with Crippen molar-refractivity contribution in [1.29, 1.82) is 0 Å². The van der Waals surface area contributed by atoms with Crippen LogP contribution in [0.1, 0.15) is 24.4 Å². The monoisotopic (exact) mass is 309 g/mol. The maximum Gasteiger partial charge on any atom is 0.258 e. The quantitative estimate of drug-likeness (QED) is 0.761. The number of rotatable bonds is 5. The number of para-hydroxylation sites is 2. The Morgan fingerprint density at radius 2 is 2.09 bits per heavy atom. The van der Waals surface area contributed by atoms with Gasteiger partial charge in [-0.3, -0.25) is 4.79 Å². The van der Waals surface area contributed by atoms with Gasteiger partial charge in [-0.1, -0.05) is 24.3 Å². The van der Waals surface area contributed by atoms with Crippen LogP contribution >= 0.6 is 0 Å². The standard InChI is InChI=1S/C18H19N3O2/c1-12-6-5-7-14(10-12)23-11-17(22)19-13(2)18-20-15-8-3-4-9-16(15)21-18/h3-10,13H,11H2,1-2H3,(H,19,22)(H,20,21)/t13-/m0/s1. The second-order valence-electron chi connectivity index (χ2n) is 5.53. The summed E-state index contributed by atoms with van der Waals surface area (Å²) in [4.78, 5) is 19.7. The van der Waals surface area contributed by atoms with Gasteiger partial charge in [0.05, 0.1) is 17.1 Å². The van der Waals surface area contributed by atoms with E-state index in [9.17, 15) is 4.79 Å². The molecular formula is C18H19N3O2. The van der Waals surface area contributed by atoms with Crippen molar-refractivity contribution in [2.75, 3.05) is 6.61 Å². The molecule has 3 rings (SSSR count). The molecule has 1 heterocycles. The maximum absolute atomic E-state index is 12.0. The minimum atomic E-state index is -0.212. The molecule has 0 saturated heterocycles. The highest BCUT2D eigenvalue weighted by Crippen LogP contribution is 2.16. The number of aromatic amines is 1. The first-order chi connectivity index (χ1) is 11.1. The topological polar surface area (TPSA) is 67.0 Å². The van der Waals surface area contributed by atoms with E-state index in [0.29, 0.717) is 5.75 Å². The van der Waals surface area contributed by atoms with Crippen molar-refractivity contribution < 1.29 is 9.53 Å². The number of carbonyl (C=O) groups excluding carboxylic acids is 1. The van der Waals surface area contributed by atoms with E-state index in [4.69, 9.17) is 4.74 Å². The molecule has 1 atom stereocenters. The molecule has 0 bridgehead atoms. The minimum absolute atomic E-state index is 0.0198. The molecule has 5 nitrogen and oxygen atoms in total. The summed E-state index contributed by atoms with van der Waals surface area (Å²) in [6, 6.07) is 15.2. The van der Waals surface area contributed by atoms with Crippen LogP contribution in [0.15, 0.2) is 48.5 Å². The van der Waals surface area contributed by atoms with Crippen LogP contribution in [0.3, 0.4) is 0 Å². The van der Waals surface area contributed by atoms with E-state index >= 15 is 0 Å². The highest BCUT2D eigenvalue weighted by molar-refractivity contribution is 5.78. The zero-order valence-electron chi connectivity index (χ0n) is 13.2. The number of imidazole rings is 1. The van der Waals surface area contributed by atoms with Gasteiger partial charge in [0, 0.05) is 0 Å². The molecule has 23 heavy (non-hydrogen) atoms. The van der Waals surface area contributed by atoms with Crippen LogP contribution in [0, 0.1) is 6.92 Å². The van der Waals surface area contributed by atoms with Crippen molar-refractivity contribution in [3.8, 4) is 5.75 Å². The van der Waals surface area contributed by atoms with Gasteiger partial charge in [-0.25, -0.2) is 4.98 Å². The van der Waals surface area contributed by atoms with Crippen LogP contribution < -0.4 is 10.1 Å². The number of nitrogens with one attached hydrogen (secondary N) is 2. The second-order valence-corrected chi connectivity index (χ2v) is 5.53. The summed E-state index contributed by atoms with van der Waals surface area (Å²) >= 11 is 0. The summed E-state index contributed by atoms with van der Waals surface area (Å²) in [5.41, 5.74) is 2.94. The summed E-state index contributed by atoms with van der Waals surface area (Å²) in [5.74, 6) is 1.24. The number of amides is 1. The van der Waals surface area contributed by atoms with Crippen LogP contribution in [0.25, 0.3) is 11.0 Å². The molecular weight excluding hydrogens is 290 g/mol. The third-order valence-corrected chi connectivity index (χ3v) is 3.55. The number of carbonyl (C=O) groups is 1. The smallest absolute Gasteiger partial charge is 0.258 e. The lowest BCUT2D eigenvalue weighted by atomic mass is 10.2. The Kier molecular flexibility index (Phi) is 4.28. The number of aromatic nitrogens is 2. The van der Waals surface area contributed by atoms with Gasteiger partial charge in [0.15, 0.2) is 6.61 Å². The lowest BCUT2D eigenvalue weighted by molar-refractivity contribution is -0.123. The van der Waals surface area contributed by atoms with E-state index in [1.54, 1.807) is 0 Å². The number of fused-ring (bicyclic) bond motifs is 1. The average Bonchev–Trinajstić information content (AvgIpc) is 2.97. The summed E-state index contributed by atoms with van der Waals surface area (Å²) < 4.78 is 5.50. The zero-order valence-corrected chi connectivity index (χ0v) is 13.2. The molecule has 0 aliphatic rings. The molecule has 0 saturated carbocycles. The predicted octanol–water partition coefficient (Wildman–Crippen LogP) is 3.13. The van der Waals surface area contributed by atoms with Crippen LogP contribution in [0.4, 0.5) is 0 Å². The molecule has 3 aromatic rings. The third-order valence-electron chi connectivity index (χ3n) is 3.55.